The third-order valence-corrected chi connectivity index (χ3v) is 3.55. The molecule has 0 atom stereocenters. The Morgan fingerprint density at radius 1 is 1.27 bits per heavy atom. The number of ether oxygens (including phenoxy) is 2. The van der Waals surface area contributed by atoms with Crippen LogP contribution in [-0.4, -0.2) is 34.3 Å². The summed E-state index contributed by atoms with van der Waals surface area (Å²) in [5.41, 5.74) is 1.08. The zero-order valence-corrected chi connectivity index (χ0v) is 12.5. The van der Waals surface area contributed by atoms with E-state index in [9.17, 15) is 5.26 Å². The quantitative estimate of drug-likeness (QED) is 0.865. The van der Waals surface area contributed by atoms with Gasteiger partial charge in [0.15, 0.2) is 5.82 Å². The lowest BCUT2D eigenvalue weighted by molar-refractivity contribution is 0.0256. The van der Waals surface area contributed by atoms with E-state index < -0.39 is 0 Å². The van der Waals surface area contributed by atoms with Crippen molar-refractivity contribution in [2.45, 2.75) is 18.9 Å². The van der Waals surface area contributed by atoms with Gasteiger partial charge in [-0.15, -0.1) is 0 Å². The predicted octanol–water partition coefficient (Wildman–Crippen LogP) is 2.62. The minimum Gasteiger partial charge on any atom is -0.488 e. The molecule has 0 saturated carbocycles. The molecular weight excluding hydrogens is 304 g/mol. The Bertz CT molecular complexity index is 711. The first-order valence-corrected chi connectivity index (χ1v) is 7.28. The van der Waals surface area contributed by atoms with Crippen molar-refractivity contribution in [1.82, 2.24) is 15.0 Å². The van der Waals surface area contributed by atoms with Crippen molar-refractivity contribution < 1.29 is 9.47 Å². The van der Waals surface area contributed by atoms with Crippen LogP contribution in [0.15, 0.2) is 24.5 Å². The van der Waals surface area contributed by atoms with E-state index in [2.05, 4.69) is 21.0 Å². The van der Waals surface area contributed by atoms with Gasteiger partial charge in [0.2, 0.25) is 5.28 Å². The number of hydrogen-bond donors (Lipinski definition) is 0. The second kappa shape index (κ2) is 6.69. The standard InChI is InChI=1S/C15H13ClN4O2/c16-15-19-9-18-14(20-15)12-3-1-2-10(8-17)13(12)22-11-4-6-21-7-5-11/h1-3,9,11H,4-7H2. The van der Waals surface area contributed by atoms with Gasteiger partial charge in [0.1, 0.15) is 24.3 Å². The van der Waals surface area contributed by atoms with Crippen LogP contribution >= 0.6 is 11.6 Å². The van der Waals surface area contributed by atoms with Crippen LogP contribution < -0.4 is 4.74 Å². The van der Waals surface area contributed by atoms with E-state index in [0.29, 0.717) is 35.9 Å². The lowest BCUT2D eigenvalue weighted by Crippen LogP contribution is -2.26. The molecule has 6 nitrogen and oxygen atoms in total. The topological polar surface area (TPSA) is 80.9 Å². The minimum absolute atomic E-state index is 0.0132. The Morgan fingerprint density at radius 3 is 2.82 bits per heavy atom. The maximum Gasteiger partial charge on any atom is 0.225 e. The van der Waals surface area contributed by atoms with Gasteiger partial charge in [-0.2, -0.15) is 10.2 Å². The molecule has 112 valence electrons. The number of para-hydroxylation sites is 1. The van der Waals surface area contributed by atoms with E-state index in [4.69, 9.17) is 21.1 Å². The number of benzene rings is 1. The largest absolute Gasteiger partial charge is 0.488 e. The summed E-state index contributed by atoms with van der Waals surface area (Å²) in [6, 6.07) is 7.43. The summed E-state index contributed by atoms with van der Waals surface area (Å²) in [5, 5.41) is 9.44. The molecule has 2 aromatic rings. The molecule has 1 aliphatic heterocycles. The van der Waals surface area contributed by atoms with E-state index in [1.54, 1.807) is 18.2 Å². The Labute approximate surface area is 132 Å². The smallest absolute Gasteiger partial charge is 0.225 e. The molecule has 0 spiro atoms. The fourth-order valence-electron chi connectivity index (χ4n) is 2.29. The molecule has 1 aromatic carbocycles. The van der Waals surface area contributed by atoms with Crippen molar-refractivity contribution in [3.8, 4) is 23.2 Å². The second-order valence-corrected chi connectivity index (χ2v) is 5.14. The van der Waals surface area contributed by atoms with Gasteiger partial charge in [-0.3, -0.25) is 0 Å². The number of halogens is 1. The molecule has 1 fully saturated rings. The Balaban J connectivity index is 2.00. The molecule has 7 heteroatoms. The number of nitrogens with zero attached hydrogens (tertiary/aromatic N) is 4. The fraction of sp³-hybridized carbons (Fsp3) is 0.333. The maximum absolute atomic E-state index is 9.34. The van der Waals surface area contributed by atoms with Gasteiger partial charge < -0.3 is 9.47 Å². The first-order valence-electron chi connectivity index (χ1n) is 6.90. The average molecular weight is 317 g/mol. The summed E-state index contributed by atoms with van der Waals surface area (Å²) >= 11 is 5.83. The molecule has 3 rings (SSSR count). The molecule has 1 saturated heterocycles. The van der Waals surface area contributed by atoms with E-state index in [0.717, 1.165) is 12.8 Å². The fourth-order valence-corrected chi connectivity index (χ4v) is 2.42. The normalized spacial score (nSPS) is 15.3. The second-order valence-electron chi connectivity index (χ2n) is 4.80. The molecule has 0 amide bonds. The molecule has 1 aliphatic rings. The van der Waals surface area contributed by atoms with Crippen molar-refractivity contribution >= 4 is 11.6 Å². The molecule has 0 radical (unpaired) electrons. The van der Waals surface area contributed by atoms with Crippen molar-refractivity contribution in [3.05, 3.63) is 35.4 Å². The number of aromatic nitrogens is 3. The molecule has 0 aliphatic carbocycles. The lowest BCUT2D eigenvalue weighted by Gasteiger charge is -2.24. The summed E-state index contributed by atoms with van der Waals surface area (Å²) in [6.07, 6.45) is 2.93. The molecule has 0 N–H and O–H groups in total. The van der Waals surface area contributed by atoms with Crippen molar-refractivity contribution in [3.63, 3.8) is 0 Å². The molecular formula is C15H13ClN4O2. The first-order chi connectivity index (χ1) is 10.8. The highest BCUT2D eigenvalue weighted by molar-refractivity contribution is 6.28. The van der Waals surface area contributed by atoms with Crippen molar-refractivity contribution in [2.75, 3.05) is 13.2 Å². The molecule has 0 bridgehead atoms. The highest BCUT2D eigenvalue weighted by Gasteiger charge is 2.21. The SMILES string of the molecule is N#Cc1cccc(-c2ncnc(Cl)n2)c1OC1CCOCC1. The van der Waals surface area contributed by atoms with Crippen molar-refractivity contribution in [2.24, 2.45) is 0 Å². The lowest BCUT2D eigenvalue weighted by atomic mass is 10.1. The van der Waals surface area contributed by atoms with Gasteiger partial charge in [0.05, 0.1) is 24.3 Å². The summed E-state index contributed by atoms with van der Waals surface area (Å²) in [5.74, 6) is 0.873. The van der Waals surface area contributed by atoms with Gasteiger partial charge >= 0.3 is 0 Å². The number of nitriles is 1. The summed E-state index contributed by atoms with van der Waals surface area (Å²) < 4.78 is 11.4. The predicted molar refractivity (Wildman–Crippen MR) is 79.5 cm³/mol. The van der Waals surface area contributed by atoms with Gasteiger partial charge in [-0.1, -0.05) is 6.07 Å². The number of hydrogen-bond acceptors (Lipinski definition) is 6. The Morgan fingerprint density at radius 2 is 2.09 bits per heavy atom. The van der Waals surface area contributed by atoms with Crippen molar-refractivity contribution in [1.29, 1.82) is 5.26 Å². The summed E-state index contributed by atoms with van der Waals surface area (Å²) in [7, 11) is 0. The highest BCUT2D eigenvalue weighted by Crippen LogP contribution is 2.33. The maximum atomic E-state index is 9.34. The van der Waals surface area contributed by atoms with Crippen LogP contribution in [0.5, 0.6) is 5.75 Å². The third-order valence-electron chi connectivity index (χ3n) is 3.37. The average Bonchev–Trinajstić information content (AvgIpc) is 2.56. The van der Waals surface area contributed by atoms with Crippen LogP contribution in [0.4, 0.5) is 0 Å². The molecule has 1 aromatic heterocycles. The monoisotopic (exact) mass is 316 g/mol. The van der Waals surface area contributed by atoms with Gasteiger partial charge in [-0.25, -0.2) is 9.97 Å². The minimum atomic E-state index is 0.0132. The summed E-state index contributed by atoms with van der Waals surface area (Å²) in [6.45, 7) is 1.32. The Hall–Kier alpha value is -2.23. The molecule has 0 unspecified atom stereocenters. The van der Waals surface area contributed by atoms with E-state index >= 15 is 0 Å². The zero-order valence-electron chi connectivity index (χ0n) is 11.7. The van der Waals surface area contributed by atoms with Gasteiger partial charge in [0, 0.05) is 12.8 Å². The summed E-state index contributed by atoms with van der Waals surface area (Å²) in [4.78, 5) is 12.0. The van der Waals surface area contributed by atoms with Gasteiger partial charge in [0.25, 0.3) is 0 Å². The molecule has 22 heavy (non-hydrogen) atoms. The van der Waals surface area contributed by atoms with Crippen LogP contribution in [0, 0.1) is 11.3 Å². The van der Waals surface area contributed by atoms with E-state index in [1.807, 2.05) is 0 Å². The van der Waals surface area contributed by atoms with E-state index in [-0.39, 0.29) is 11.4 Å². The Kier molecular flexibility index (Phi) is 4.47. The van der Waals surface area contributed by atoms with Gasteiger partial charge in [-0.05, 0) is 23.7 Å². The highest BCUT2D eigenvalue weighted by atomic mass is 35.5. The van der Waals surface area contributed by atoms with E-state index in [1.165, 1.54) is 6.33 Å². The number of rotatable bonds is 3. The molecule has 2 heterocycles. The van der Waals surface area contributed by atoms with Crippen LogP contribution in [-0.2, 0) is 4.74 Å². The van der Waals surface area contributed by atoms with Crippen LogP contribution in [0.25, 0.3) is 11.4 Å². The van der Waals surface area contributed by atoms with Crippen LogP contribution in [0.1, 0.15) is 18.4 Å². The van der Waals surface area contributed by atoms with Crippen LogP contribution in [0.3, 0.4) is 0 Å². The zero-order chi connectivity index (χ0) is 15.4. The third kappa shape index (κ3) is 3.16. The van der Waals surface area contributed by atoms with Crippen LogP contribution in [0.2, 0.25) is 5.28 Å². The first kappa shape index (κ1) is 14.7.